The lowest BCUT2D eigenvalue weighted by Gasteiger charge is -2.05. The highest BCUT2D eigenvalue weighted by Crippen LogP contribution is 2.29. The van der Waals surface area contributed by atoms with Gasteiger partial charge in [0.05, 0.1) is 28.0 Å². The molecular weight excluding hydrogens is 298 g/mol. The van der Waals surface area contributed by atoms with Crippen molar-refractivity contribution in [2.24, 2.45) is 0 Å². The summed E-state index contributed by atoms with van der Waals surface area (Å²) in [6, 6.07) is 5.71. The van der Waals surface area contributed by atoms with Gasteiger partial charge in [0.2, 0.25) is 11.3 Å². The molecule has 0 aliphatic rings. The topological polar surface area (TPSA) is 98.1 Å². The number of nitro benzene ring substituents is 1. The van der Waals surface area contributed by atoms with E-state index in [1.165, 1.54) is 19.2 Å². The van der Waals surface area contributed by atoms with E-state index in [0.717, 1.165) is 0 Å². The van der Waals surface area contributed by atoms with Crippen LogP contribution >= 0.6 is 11.6 Å². The fourth-order valence-corrected chi connectivity index (χ4v) is 2.39. The van der Waals surface area contributed by atoms with Crippen molar-refractivity contribution in [3.8, 4) is 5.88 Å². The molecule has 0 aliphatic carbocycles. The molecule has 0 spiro atoms. The first-order valence-electron chi connectivity index (χ1n) is 5.86. The van der Waals surface area contributed by atoms with Crippen molar-refractivity contribution in [2.75, 3.05) is 7.11 Å². The van der Waals surface area contributed by atoms with Crippen LogP contribution < -0.4 is 10.2 Å². The fourth-order valence-electron chi connectivity index (χ4n) is 2.15. The van der Waals surface area contributed by atoms with Crippen LogP contribution in [0.5, 0.6) is 5.88 Å². The molecule has 0 bridgehead atoms. The van der Waals surface area contributed by atoms with Crippen molar-refractivity contribution in [1.29, 1.82) is 0 Å². The Labute approximate surface area is 122 Å². The number of fused-ring (bicyclic) bond motifs is 2. The Kier molecular flexibility index (Phi) is 2.99. The van der Waals surface area contributed by atoms with E-state index in [2.05, 4.69) is 9.97 Å². The summed E-state index contributed by atoms with van der Waals surface area (Å²) in [6.45, 7) is 0. The third-order valence-corrected chi connectivity index (χ3v) is 3.42. The zero-order valence-corrected chi connectivity index (χ0v) is 11.5. The van der Waals surface area contributed by atoms with Crippen LogP contribution in [0.25, 0.3) is 21.9 Å². The Balaban J connectivity index is 2.55. The largest absolute Gasteiger partial charge is 0.481 e. The van der Waals surface area contributed by atoms with Crippen molar-refractivity contribution in [3.63, 3.8) is 0 Å². The van der Waals surface area contributed by atoms with Gasteiger partial charge in [-0.15, -0.1) is 0 Å². The molecule has 2 heterocycles. The van der Waals surface area contributed by atoms with E-state index in [1.54, 1.807) is 12.1 Å². The maximum absolute atomic E-state index is 12.5. The molecule has 8 heteroatoms. The van der Waals surface area contributed by atoms with Crippen molar-refractivity contribution in [3.05, 3.63) is 49.6 Å². The summed E-state index contributed by atoms with van der Waals surface area (Å²) in [5.74, 6) is 0.272. The molecule has 3 rings (SSSR count). The Morgan fingerprint density at radius 1 is 1.33 bits per heavy atom. The molecule has 0 radical (unpaired) electrons. The molecule has 0 fully saturated rings. The molecule has 0 saturated carbocycles. The summed E-state index contributed by atoms with van der Waals surface area (Å²) in [7, 11) is 1.43. The smallest absolute Gasteiger partial charge is 0.293 e. The van der Waals surface area contributed by atoms with Gasteiger partial charge >= 0.3 is 0 Å². The second-order valence-corrected chi connectivity index (χ2v) is 4.68. The number of ether oxygens (including phenoxy) is 1. The van der Waals surface area contributed by atoms with Gasteiger partial charge in [0, 0.05) is 12.1 Å². The van der Waals surface area contributed by atoms with Gasteiger partial charge in [-0.2, -0.15) is 0 Å². The lowest BCUT2D eigenvalue weighted by atomic mass is 10.1. The summed E-state index contributed by atoms with van der Waals surface area (Å²) < 4.78 is 4.98. The summed E-state index contributed by atoms with van der Waals surface area (Å²) in [5, 5.41) is 11.2. The van der Waals surface area contributed by atoms with Crippen LogP contribution in [0, 0.1) is 10.1 Å². The molecule has 1 aromatic carbocycles. The van der Waals surface area contributed by atoms with Gasteiger partial charge in [-0.1, -0.05) is 11.6 Å². The monoisotopic (exact) mass is 305 g/mol. The lowest BCUT2D eigenvalue weighted by Crippen LogP contribution is -2.08. The average Bonchev–Trinajstić information content (AvgIpc) is 2.46. The highest BCUT2D eigenvalue weighted by atomic mass is 35.5. The van der Waals surface area contributed by atoms with Crippen LogP contribution in [0.2, 0.25) is 5.02 Å². The molecule has 21 heavy (non-hydrogen) atoms. The highest BCUT2D eigenvalue weighted by molar-refractivity contribution is 6.36. The predicted molar refractivity (Wildman–Crippen MR) is 78.1 cm³/mol. The van der Waals surface area contributed by atoms with E-state index in [4.69, 9.17) is 16.3 Å². The minimum absolute atomic E-state index is 0.0409. The second kappa shape index (κ2) is 4.71. The molecule has 7 nitrogen and oxygen atoms in total. The number of rotatable bonds is 2. The molecule has 0 unspecified atom stereocenters. The summed E-state index contributed by atoms with van der Waals surface area (Å²) in [4.78, 5) is 29.9. The van der Waals surface area contributed by atoms with Crippen molar-refractivity contribution in [2.45, 2.75) is 0 Å². The van der Waals surface area contributed by atoms with E-state index >= 15 is 0 Å². The van der Waals surface area contributed by atoms with E-state index in [0.29, 0.717) is 5.52 Å². The van der Waals surface area contributed by atoms with E-state index in [9.17, 15) is 14.9 Å². The Bertz CT molecular complexity index is 951. The third-order valence-electron chi connectivity index (χ3n) is 3.11. The van der Waals surface area contributed by atoms with Crippen LogP contribution in [0.4, 0.5) is 5.69 Å². The van der Waals surface area contributed by atoms with Crippen molar-refractivity contribution >= 4 is 39.2 Å². The fraction of sp³-hybridized carbons (Fsp3) is 0.0769. The number of nitrogens with zero attached hydrogens (tertiary/aromatic N) is 2. The summed E-state index contributed by atoms with van der Waals surface area (Å²) >= 11 is 6.01. The molecule has 3 aromatic rings. The predicted octanol–water partition coefficient (Wildman–Crippen LogP) is 2.65. The van der Waals surface area contributed by atoms with Gasteiger partial charge in [0.1, 0.15) is 11.0 Å². The first kappa shape index (κ1) is 13.3. The van der Waals surface area contributed by atoms with Crippen LogP contribution in [-0.2, 0) is 0 Å². The zero-order chi connectivity index (χ0) is 15.1. The van der Waals surface area contributed by atoms with Crippen molar-refractivity contribution < 1.29 is 9.66 Å². The van der Waals surface area contributed by atoms with E-state index in [1.807, 2.05) is 0 Å². The number of benzene rings is 1. The van der Waals surface area contributed by atoms with Gasteiger partial charge in [-0.25, -0.2) is 4.98 Å². The molecule has 106 valence electrons. The first-order chi connectivity index (χ1) is 10.0. The lowest BCUT2D eigenvalue weighted by molar-refractivity contribution is -0.383. The number of halogens is 1. The molecule has 1 N–H and O–H groups in total. The number of methoxy groups -OCH3 is 1. The highest BCUT2D eigenvalue weighted by Gasteiger charge is 2.19. The van der Waals surface area contributed by atoms with Gasteiger partial charge in [0.25, 0.3) is 5.69 Å². The SMILES string of the molecule is COc1ccc2[nH]c3c([N+](=O)[O-])ccc(Cl)c3c(=O)c2n1. The van der Waals surface area contributed by atoms with E-state index in [-0.39, 0.29) is 33.0 Å². The van der Waals surface area contributed by atoms with Gasteiger partial charge in [-0.3, -0.25) is 14.9 Å². The Morgan fingerprint density at radius 3 is 2.76 bits per heavy atom. The minimum Gasteiger partial charge on any atom is -0.481 e. The minimum atomic E-state index is -0.572. The molecule has 0 atom stereocenters. The van der Waals surface area contributed by atoms with Gasteiger partial charge < -0.3 is 9.72 Å². The number of non-ortho nitro benzene ring substituents is 1. The number of pyridine rings is 2. The van der Waals surface area contributed by atoms with Crippen LogP contribution in [-0.4, -0.2) is 22.0 Å². The standard InChI is InChI=1S/C13H8ClN3O4/c1-21-9-5-3-7-11(16-9)13(18)10-6(14)2-4-8(17(19)20)12(10)15-7/h2-5H,1H3,(H,15,18). The second-order valence-electron chi connectivity index (χ2n) is 4.28. The summed E-state index contributed by atoms with van der Waals surface area (Å²) in [6.07, 6.45) is 0. The van der Waals surface area contributed by atoms with Gasteiger partial charge in [-0.05, 0) is 12.1 Å². The molecule has 0 amide bonds. The number of nitro groups is 1. The molecule has 2 aromatic heterocycles. The van der Waals surface area contributed by atoms with Crippen molar-refractivity contribution in [1.82, 2.24) is 9.97 Å². The maximum atomic E-state index is 12.5. The van der Waals surface area contributed by atoms with Crippen LogP contribution in [0.15, 0.2) is 29.1 Å². The number of hydrogen-bond donors (Lipinski definition) is 1. The molecular formula is C13H8ClN3O4. The molecule has 0 saturated heterocycles. The maximum Gasteiger partial charge on any atom is 0.293 e. The number of aromatic nitrogens is 2. The Hall–Kier alpha value is -2.67. The quantitative estimate of drug-likeness (QED) is 0.446. The number of aromatic amines is 1. The van der Waals surface area contributed by atoms with E-state index < -0.39 is 10.4 Å². The molecule has 0 aliphatic heterocycles. The summed E-state index contributed by atoms with van der Waals surface area (Å²) in [5.41, 5.74) is -0.129. The van der Waals surface area contributed by atoms with Crippen LogP contribution in [0.1, 0.15) is 0 Å². The zero-order valence-electron chi connectivity index (χ0n) is 10.7. The Morgan fingerprint density at radius 2 is 2.10 bits per heavy atom. The number of H-pyrrole nitrogens is 1. The average molecular weight is 306 g/mol. The van der Waals surface area contributed by atoms with Crippen LogP contribution in [0.3, 0.4) is 0 Å². The first-order valence-corrected chi connectivity index (χ1v) is 6.24. The third kappa shape index (κ3) is 1.98. The number of nitrogens with one attached hydrogen (secondary N) is 1. The normalized spacial score (nSPS) is 11.0. The van der Waals surface area contributed by atoms with Gasteiger partial charge in [0.15, 0.2) is 0 Å². The number of hydrogen-bond acceptors (Lipinski definition) is 5.